The summed E-state index contributed by atoms with van der Waals surface area (Å²) in [5, 5.41) is 0.229. The number of nitrogens with one attached hydrogen (secondary N) is 1. The van der Waals surface area contributed by atoms with Gasteiger partial charge in [0.05, 0.1) is 17.0 Å². The number of aromatic amines is 1. The lowest BCUT2D eigenvalue weighted by molar-refractivity contribution is -0.133. The molecule has 176 valence electrons. The summed E-state index contributed by atoms with van der Waals surface area (Å²) < 4.78 is 13.9. The number of imidazole rings is 1. The van der Waals surface area contributed by atoms with Crippen molar-refractivity contribution in [3.05, 3.63) is 46.3 Å². The average molecular weight is 476 g/mol. The molecule has 1 aliphatic carbocycles. The van der Waals surface area contributed by atoms with E-state index < -0.39 is 17.1 Å². The molecule has 33 heavy (non-hydrogen) atoms. The minimum Gasteiger partial charge on any atom is -0.364 e. The molecule has 3 amide bonds. The SMILES string of the molecule is Cc1cc(N2CCCC3(CCC(N(C)C(=O)c4[nH]cnc4C(N)=O)CC3)C2=O)c(Cl)cc1F. The Bertz CT molecular complexity index is 1110. The van der Waals surface area contributed by atoms with Crippen molar-refractivity contribution in [1.29, 1.82) is 0 Å². The summed E-state index contributed by atoms with van der Waals surface area (Å²) >= 11 is 6.29. The van der Waals surface area contributed by atoms with Gasteiger partial charge in [-0.1, -0.05) is 11.6 Å². The van der Waals surface area contributed by atoms with Crippen molar-refractivity contribution in [3.8, 4) is 0 Å². The largest absolute Gasteiger partial charge is 0.364 e. The zero-order valence-electron chi connectivity index (χ0n) is 18.7. The van der Waals surface area contributed by atoms with Crippen LogP contribution in [-0.2, 0) is 4.79 Å². The van der Waals surface area contributed by atoms with Crippen LogP contribution in [0.25, 0.3) is 0 Å². The summed E-state index contributed by atoms with van der Waals surface area (Å²) in [6, 6.07) is 2.81. The summed E-state index contributed by atoms with van der Waals surface area (Å²) in [4.78, 5) is 47.9. The number of hydrogen-bond donors (Lipinski definition) is 2. The van der Waals surface area contributed by atoms with Gasteiger partial charge in [0, 0.05) is 25.0 Å². The summed E-state index contributed by atoms with van der Waals surface area (Å²) in [5.41, 5.74) is 5.78. The van der Waals surface area contributed by atoms with Crippen LogP contribution in [0.1, 0.15) is 65.1 Å². The maximum Gasteiger partial charge on any atom is 0.272 e. The van der Waals surface area contributed by atoms with Gasteiger partial charge in [0.25, 0.3) is 11.8 Å². The number of carbonyl (C=O) groups excluding carboxylic acids is 3. The number of rotatable bonds is 4. The molecular formula is C23H27ClFN5O3. The van der Waals surface area contributed by atoms with E-state index in [1.807, 2.05) is 0 Å². The van der Waals surface area contributed by atoms with Gasteiger partial charge < -0.3 is 20.5 Å². The third-order valence-electron chi connectivity index (χ3n) is 7.12. The van der Waals surface area contributed by atoms with Crippen LogP contribution in [0.4, 0.5) is 10.1 Å². The van der Waals surface area contributed by atoms with Crippen LogP contribution < -0.4 is 10.6 Å². The van der Waals surface area contributed by atoms with Gasteiger partial charge in [-0.15, -0.1) is 0 Å². The first kappa shape index (κ1) is 23.2. The average Bonchev–Trinajstić information content (AvgIpc) is 3.28. The highest BCUT2D eigenvalue weighted by Gasteiger charge is 2.47. The number of nitrogens with two attached hydrogens (primary N) is 1. The normalized spacial score (nSPS) is 23.1. The maximum atomic E-state index is 13.9. The van der Waals surface area contributed by atoms with Crippen molar-refractivity contribution < 1.29 is 18.8 Å². The fourth-order valence-corrected chi connectivity index (χ4v) is 5.39. The van der Waals surface area contributed by atoms with Crippen molar-refractivity contribution in [2.45, 2.75) is 51.5 Å². The summed E-state index contributed by atoms with van der Waals surface area (Å²) in [6.07, 6.45) is 5.44. The lowest BCUT2D eigenvalue weighted by Gasteiger charge is -2.47. The van der Waals surface area contributed by atoms with Crippen LogP contribution in [0.15, 0.2) is 18.5 Å². The highest BCUT2D eigenvalue weighted by molar-refractivity contribution is 6.34. The molecule has 4 rings (SSSR count). The predicted molar refractivity (Wildman–Crippen MR) is 122 cm³/mol. The fraction of sp³-hybridized carbons (Fsp3) is 0.478. The van der Waals surface area contributed by atoms with Crippen LogP contribution in [0, 0.1) is 18.2 Å². The Hall–Kier alpha value is -2.94. The molecule has 2 heterocycles. The van der Waals surface area contributed by atoms with E-state index in [1.54, 1.807) is 29.8 Å². The molecule has 10 heteroatoms. The van der Waals surface area contributed by atoms with Crippen molar-refractivity contribution >= 4 is 35.0 Å². The summed E-state index contributed by atoms with van der Waals surface area (Å²) in [5.74, 6) is -1.50. The lowest BCUT2D eigenvalue weighted by atomic mass is 9.67. The first-order valence-corrected chi connectivity index (χ1v) is 11.4. The summed E-state index contributed by atoms with van der Waals surface area (Å²) in [7, 11) is 1.69. The topological polar surface area (TPSA) is 112 Å². The molecule has 3 N–H and O–H groups in total. The molecule has 1 spiro atoms. The number of benzene rings is 1. The van der Waals surface area contributed by atoms with E-state index in [9.17, 15) is 18.8 Å². The molecular weight excluding hydrogens is 449 g/mol. The molecule has 0 bridgehead atoms. The molecule has 2 aliphatic rings. The molecule has 2 aromatic rings. The molecule has 1 aromatic carbocycles. The molecule has 1 aliphatic heterocycles. The van der Waals surface area contributed by atoms with Gasteiger partial charge in [-0.05, 0) is 63.1 Å². The number of H-pyrrole nitrogens is 1. The zero-order chi connectivity index (χ0) is 23.9. The number of anilines is 1. The number of amides is 3. The van der Waals surface area contributed by atoms with Crippen molar-refractivity contribution in [1.82, 2.24) is 14.9 Å². The smallest absolute Gasteiger partial charge is 0.272 e. The number of primary amides is 1. The van der Waals surface area contributed by atoms with Gasteiger partial charge in [-0.3, -0.25) is 14.4 Å². The number of piperidine rings is 1. The fourth-order valence-electron chi connectivity index (χ4n) is 5.14. The molecule has 1 saturated carbocycles. The maximum absolute atomic E-state index is 13.9. The van der Waals surface area contributed by atoms with Crippen LogP contribution in [0.2, 0.25) is 5.02 Å². The Morgan fingerprint density at radius 2 is 2.00 bits per heavy atom. The van der Waals surface area contributed by atoms with Gasteiger partial charge in [0.2, 0.25) is 5.91 Å². The van der Waals surface area contributed by atoms with Crippen molar-refractivity contribution in [3.63, 3.8) is 0 Å². The van der Waals surface area contributed by atoms with E-state index in [1.165, 1.54) is 12.4 Å². The van der Waals surface area contributed by atoms with Crippen LogP contribution >= 0.6 is 11.6 Å². The van der Waals surface area contributed by atoms with Crippen LogP contribution in [0.3, 0.4) is 0 Å². The second-order valence-electron chi connectivity index (χ2n) is 9.03. The van der Waals surface area contributed by atoms with E-state index in [0.29, 0.717) is 43.5 Å². The Morgan fingerprint density at radius 3 is 2.67 bits per heavy atom. The van der Waals surface area contributed by atoms with Gasteiger partial charge in [0.1, 0.15) is 11.5 Å². The molecule has 2 fully saturated rings. The first-order chi connectivity index (χ1) is 15.6. The highest BCUT2D eigenvalue weighted by Crippen LogP contribution is 2.47. The molecule has 0 unspecified atom stereocenters. The molecule has 1 saturated heterocycles. The van der Waals surface area contributed by atoms with Gasteiger partial charge in [0.15, 0.2) is 5.69 Å². The third-order valence-corrected chi connectivity index (χ3v) is 7.42. The highest BCUT2D eigenvalue weighted by atomic mass is 35.5. The van der Waals surface area contributed by atoms with Gasteiger partial charge in [-0.2, -0.15) is 0 Å². The minimum absolute atomic E-state index is 0.0127. The Kier molecular flexibility index (Phi) is 6.18. The number of carbonyl (C=O) groups is 3. The predicted octanol–water partition coefficient (Wildman–Crippen LogP) is 3.44. The molecule has 0 atom stereocenters. The zero-order valence-corrected chi connectivity index (χ0v) is 19.4. The first-order valence-electron chi connectivity index (χ1n) is 11.0. The second-order valence-corrected chi connectivity index (χ2v) is 9.44. The third kappa shape index (κ3) is 4.10. The number of nitrogens with zero attached hydrogens (tertiary/aromatic N) is 3. The van der Waals surface area contributed by atoms with E-state index in [2.05, 4.69) is 9.97 Å². The van der Waals surface area contributed by atoms with Crippen LogP contribution in [0.5, 0.6) is 0 Å². The number of aryl methyl sites for hydroxylation is 1. The van der Waals surface area contributed by atoms with E-state index in [-0.39, 0.29) is 34.3 Å². The lowest BCUT2D eigenvalue weighted by Crippen LogP contribution is -2.52. The van der Waals surface area contributed by atoms with Crippen LogP contribution in [-0.4, -0.2) is 52.2 Å². The van der Waals surface area contributed by atoms with Gasteiger partial charge >= 0.3 is 0 Å². The quantitative estimate of drug-likeness (QED) is 0.705. The van der Waals surface area contributed by atoms with Crippen molar-refractivity contribution in [2.24, 2.45) is 11.1 Å². The molecule has 1 aromatic heterocycles. The van der Waals surface area contributed by atoms with Crippen molar-refractivity contribution in [2.75, 3.05) is 18.5 Å². The van der Waals surface area contributed by atoms with E-state index in [4.69, 9.17) is 17.3 Å². The molecule has 8 nitrogen and oxygen atoms in total. The number of halogens is 2. The standard InChI is InChI=1S/C23H27ClFN5O3/c1-13-10-17(15(24)11-16(13)25)30-9-3-6-23(22(30)33)7-4-14(5-8-23)29(2)21(32)19-18(20(26)31)27-12-28-19/h10-12,14H,3-9H2,1-2H3,(H2,26,31)(H,27,28). The van der Waals surface area contributed by atoms with E-state index >= 15 is 0 Å². The Balaban J connectivity index is 1.48. The minimum atomic E-state index is -0.766. The van der Waals surface area contributed by atoms with E-state index in [0.717, 1.165) is 12.8 Å². The monoisotopic (exact) mass is 475 g/mol. The second kappa shape index (κ2) is 8.78. The summed E-state index contributed by atoms with van der Waals surface area (Å²) in [6.45, 7) is 2.20. The Labute approximate surface area is 196 Å². The number of hydrogen-bond acceptors (Lipinski definition) is 4. The molecule has 0 radical (unpaired) electrons. The van der Waals surface area contributed by atoms with Gasteiger partial charge in [-0.25, -0.2) is 9.37 Å². The Morgan fingerprint density at radius 1 is 1.30 bits per heavy atom. The number of aromatic nitrogens is 2.